The molecule has 0 unspecified atom stereocenters. The van der Waals surface area contributed by atoms with Crippen molar-refractivity contribution in [2.75, 3.05) is 0 Å². The van der Waals surface area contributed by atoms with Crippen LogP contribution in [0.5, 0.6) is 0 Å². The van der Waals surface area contributed by atoms with E-state index in [-0.39, 0.29) is 36.3 Å². The second kappa shape index (κ2) is 6.04. The summed E-state index contributed by atoms with van der Waals surface area (Å²) in [5.41, 5.74) is -0.00191. The molecule has 112 valence electrons. The predicted molar refractivity (Wildman–Crippen MR) is 74.4 cm³/mol. The highest BCUT2D eigenvalue weighted by atomic mass is 16.5. The van der Waals surface area contributed by atoms with Crippen LogP contribution >= 0.6 is 0 Å². The monoisotopic (exact) mass is 300 g/mol. The first-order valence-electron chi connectivity index (χ1n) is 6.47. The largest absolute Gasteiger partial charge is 0.345 e. The lowest BCUT2D eigenvalue weighted by atomic mass is 10.3. The Morgan fingerprint density at radius 1 is 1.41 bits per heavy atom. The number of nitrogens with zero attached hydrogens (tertiary/aromatic N) is 4. The Morgan fingerprint density at radius 2 is 2.32 bits per heavy atom. The van der Waals surface area contributed by atoms with Crippen LogP contribution in [0.25, 0.3) is 11.4 Å². The van der Waals surface area contributed by atoms with E-state index in [2.05, 4.69) is 25.5 Å². The zero-order chi connectivity index (χ0) is 15.4. The molecule has 2 N–H and O–H groups in total. The average molecular weight is 300 g/mol. The lowest BCUT2D eigenvalue weighted by molar-refractivity contribution is -0.122. The number of H-pyrrole nitrogens is 1. The van der Waals surface area contributed by atoms with Gasteiger partial charge in [0.05, 0.1) is 12.1 Å². The van der Waals surface area contributed by atoms with Crippen molar-refractivity contribution in [3.63, 3.8) is 0 Å². The van der Waals surface area contributed by atoms with Gasteiger partial charge in [-0.3, -0.25) is 14.3 Å². The molecule has 0 saturated heterocycles. The normalized spacial score (nSPS) is 10.5. The molecule has 22 heavy (non-hydrogen) atoms. The van der Waals surface area contributed by atoms with Gasteiger partial charge in [-0.2, -0.15) is 10.1 Å². The summed E-state index contributed by atoms with van der Waals surface area (Å²) in [6.07, 6.45) is 4.79. The van der Waals surface area contributed by atoms with Crippen molar-refractivity contribution < 1.29 is 9.32 Å². The minimum Gasteiger partial charge on any atom is -0.345 e. The van der Waals surface area contributed by atoms with Gasteiger partial charge < -0.3 is 14.8 Å². The van der Waals surface area contributed by atoms with Crippen LogP contribution in [0.15, 0.2) is 46.1 Å². The maximum atomic E-state index is 11.7. The summed E-state index contributed by atoms with van der Waals surface area (Å²) in [4.78, 5) is 29.9. The molecule has 0 aromatic carbocycles. The first-order valence-corrected chi connectivity index (χ1v) is 6.47. The number of carbonyl (C=O) groups is 1. The van der Waals surface area contributed by atoms with Crippen molar-refractivity contribution in [1.29, 1.82) is 0 Å². The Balaban J connectivity index is 1.61. The van der Waals surface area contributed by atoms with E-state index in [1.54, 1.807) is 30.6 Å². The van der Waals surface area contributed by atoms with Crippen molar-refractivity contribution in [2.45, 2.75) is 13.1 Å². The summed E-state index contributed by atoms with van der Waals surface area (Å²) in [5.74, 6) is 0.159. The van der Waals surface area contributed by atoms with Crippen molar-refractivity contribution in [1.82, 2.24) is 30.2 Å². The number of amides is 1. The van der Waals surface area contributed by atoms with E-state index in [9.17, 15) is 9.59 Å². The number of pyridine rings is 1. The molecular weight excluding hydrogens is 288 g/mol. The molecule has 0 aliphatic carbocycles. The van der Waals surface area contributed by atoms with Gasteiger partial charge in [-0.1, -0.05) is 5.16 Å². The smallest absolute Gasteiger partial charge is 0.259 e. The van der Waals surface area contributed by atoms with Crippen LogP contribution in [0, 0.1) is 0 Å². The molecule has 0 saturated carbocycles. The molecule has 3 heterocycles. The van der Waals surface area contributed by atoms with Gasteiger partial charge >= 0.3 is 0 Å². The minimum atomic E-state index is -0.308. The molecule has 0 fully saturated rings. The van der Waals surface area contributed by atoms with E-state index in [1.165, 1.54) is 10.9 Å². The first kappa shape index (κ1) is 13.7. The van der Waals surface area contributed by atoms with Gasteiger partial charge in [-0.05, 0) is 18.2 Å². The van der Waals surface area contributed by atoms with Crippen LogP contribution in [-0.2, 0) is 17.9 Å². The molecule has 0 spiro atoms. The van der Waals surface area contributed by atoms with E-state index >= 15 is 0 Å². The Bertz CT molecular complexity index is 820. The number of rotatable bonds is 5. The van der Waals surface area contributed by atoms with Crippen molar-refractivity contribution in [3.05, 3.63) is 53.0 Å². The van der Waals surface area contributed by atoms with Crippen molar-refractivity contribution in [2.24, 2.45) is 0 Å². The van der Waals surface area contributed by atoms with Gasteiger partial charge in [-0.25, -0.2) is 0 Å². The highest BCUT2D eigenvalue weighted by Gasteiger charge is 2.12. The third-order valence-corrected chi connectivity index (χ3v) is 2.83. The van der Waals surface area contributed by atoms with Gasteiger partial charge in [-0.15, -0.1) is 0 Å². The molecule has 3 aromatic heterocycles. The molecule has 0 bridgehead atoms. The molecular formula is C13H12N6O3. The van der Waals surface area contributed by atoms with Crippen LogP contribution in [0.3, 0.4) is 0 Å². The van der Waals surface area contributed by atoms with Crippen LogP contribution in [-0.4, -0.2) is 30.8 Å². The molecule has 9 nitrogen and oxygen atoms in total. The number of hydrogen-bond acceptors (Lipinski definition) is 6. The summed E-state index contributed by atoms with van der Waals surface area (Å²) in [7, 11) is 0. The SMILES string of the molecule is O=C(Cn1cccn1)NCc1nc(-c2ccc[nH]c2=O)no1. The number of aromatic amines is 1. The van der Waals surface area contributed by atoms with Crippen LogP contribution < -0.4 is 10.9 Å². The van der Waals surface area contributed by atoms with Gasteiger partial charge in [0.25, 0.3) is 5.56 Å². The molecule has 0 atom stereocenters. The summed E-state index contributed by atoms with van der Waals surface area (Å²) in [6, 6.07) is 4.98. The highest BCUT2D eigenvalue weighted by molar-refractivity contribution is 5.75. The second-order valence-electron chi connectivity index (χ2n) is 4.41. The van der Waals surface area contributed by atoms with Crippen LogP contribution in [0.1, 0.15) is 5.89 Å². The summed E-state index contributed by atoms with van der Waals surface area (Å²) in [5, 5.41) is 10.3. The summed E-state index contributed by atoms with van der Waals surface area (Å²) in [6.45, 7) is 0.185. The summed E-state index contributed by atoms with van der Waals surface area (Å²) < 4.78 is 6.51. The number of carbonyl (C=O) groups excluding carboxylic acids is 1. The lowest BCUT2D eigenvalue weighted by Crippen LogP contribution is -2.27. The molecule has 0 aliphatic rings. The van der Waals surface area contributed by atoms with Crippen molar-refractivity contribution >= 4 is 5.91 Å². The van der Waals surface area contributed by atoms with Gasteiger partial charge in [0.2, 0.25) is 17.6 Å². The minimum absolute atomic E-state index is 0.0812. The zero-order valence-corrected chi connectivity index (χ0v) is 11.4. The standard InChI is InChI=1S/C13H12N6O3/c20-10(8-19-6-2-5-16-19)15-7-11-17-12(18-22-11)9-3-1-4-14-13(9)21/h1-6H,7-8H2,(H,14,21)(H,15,20). The average Bonchev–Trinajstić information content (AvgIpc) is 3.17. The molecule has 3 rings (SSSR count). The van der Waals surface area contributed by atoms with E-state index in [0.717, 1.165) is 0 Å². The van der Waals surface area contributed by atoms with E-state index in [4.69, 9.17) is 4.52 Å². The fraction of sp³-hybridized carbons (Fsp3) is 0.154. The zero-order valence-electron chi connectivity index (χ0n) is 11.4. The Hall–Kier alpha value is -3.23. The van der Waals surface area contributed by atoms with Crippen molar-refractivity contribution in [3.8, 4) is 11.4 Å². The lowest BCUT2D eigenvalue weighted by Gasteiger charge is -2.01. The number of aromatic nitrogens is 5. The van der Waals surface area contributed by atoms with Crippen LogP contribution in [0.2, 0.25) is 0 Å². The quantitative estimate of drug-likeness (QED) is 0.681. The molecule has 0 aliphatic heterocycles. The number of nitrogens with one attached hydrogen (secondary N) is 2. The summed E-state index contributed by atoms with van der Waals surface area (Å²) >= 11 is 0. The van der Waals surface area contributed by atoms with Crippen LogP contribution in [0.4, 0.5) is 0 Å². The molecule has 9 heteroatoms. The third kappa shape index (κ3) is 3.08. The van der Waals surface area contributed by atoms with E-state index in [1.807, 2.05) is 0 Å². The first-order chi connectivity index (χ1) is 10.7. The Kier molecular flexibility index (Phi) is 3.77. The highest BCUT2D eigenvalue weighted by Crippen LogP contribution is 2.09. The van der Waals surface area contributed by atoms with E-state index < -0.39 is 0 Å². The van der Waals surface area contributed by atoms with E-state index in [0.29, 0.717) is 5.56 Å². The maximum Gasteiger partial charge on any atom is 0.259 e. The van der Waals surface area contributed by atoms with Gasteiger partial charge in [0.1, 0.15) is 6.54 Å². The fourth-order valence-electron chi connectivity index (χ4n) is 1.80. The Labute approximate surface area is 124 Å². The third-order valence-electron chi connectivity index (χ3n) is 2.83. The Morgan fingerprint density at radius 3 is 3.09 bits per heavy atom. The predicted octanol–water partition coefficient (Wildman–Crippen LogP) is -0.0622. The molecule has 1 amide bonds. The maximum absolute atomic E-state index is 11.7. The fourth-order valence-corrected chi connectivity index (χ4v) is 1.80. The second-order valence-corrected chi connectivity index (χ2v) is 4.41. The topological polar surface area (TPSA) is 119 Å². The molecule has 0 radical (unpaired) electrons. The molecule has 3 aromatic rings. The number of hydrogen-bond donors (Lipinski definition) is 2. The van der Waals surface area contributed by atoms with Gasteiger partial charge in [0, 0.05) is 18.6 Å². The van der Waals surface area contributed by atoms with Gasteiger partial charge in [0.15, 0.2) is 0 Å².